The molecule has 1 aromatic carbocycles. The molecule has 2 nitrogen and oxygen atoms in total. The third kappa shape index (κ3) is 1.75. The third-order valence-electron chi connectivity index (χ3n) is 1.89. The Morgan fingerprint density at radius 2 is 1.92 bits per heavy atom. The van der Waals surface area contributed by atoms with E-state index in [0.29, 0.717) is 0 Å². The zero-order valence-electron chi connectivity index (χ0n) is 7.28. The number of nitrogens with zero attached hydrogens (tertiary/aromatic N) is 1. The molecule has 0 spiro atoms. The van der Waals surface area contributed by atoms with Gasteiger partial charge in [-0.3, -0.25) is 0 Å². The molecule has 0 amide bonds. The number of H-pyrrole nitrogens is 1. The van der Waals surface area contributed by atoms with E-state index >= 15 is 0 Å². The molecule has 13 heavy (non-hydrogen) atoms. The molecule has 1 aromatic heterocycles. The molecule has 1 heterocycles. The van der Waals surface area contributed by atoms with Crippen LogP contribution in [0.25, 0.3) is 11.4 Å². The van der Waals surface area contributed by atoms with E-state index in [2.05, 4.69) is 41.7 Å². The van der Waals surface area contributed by atoms with Crippen molar-refractivity contribution in [1.82, 2.24) is 9.97 Å². The highest BCUT2D eigenvalue weighted by molar-refractivity contribution is 7.80. The average Bonchev–Trinajstić information content (AvgIpc) is 2.53. The van der Waals surface area contributed by atoms with Crippen molar-refractivity contribution < 1.29 is 0 Å². The summed E-state index contributed by atoms with van der Waals surface area (Å²) in [6.45, 7) is 2.07. The molecule has 0 bridgehead atoms. The molecule has 0 unspecified atom stereocenters. The molecule has 66 valence electrons. The fourth-order valence-corrected chi connectivity index (χ4v) is 1.34. The van der Waals surface area contributed by atoms with E-state index in [-0.39, 0.29) is 0 Å². The maximum Gasteiger partial charge on any atom is 0.138 e. The molecular weight excluding hydrogens is 180 g/mol. The Labute approximate surface area is 82.4 Å². The Bertz CT molecular complexity index is 403. The molecule has 1 N–H and O–H groups in total. The summed E-state index contributed by atoms with van der Waals surface area (Å²) >= 11 is 4.13. The van der Waals surface area contributed by atoms with Gasteiger partial charge in [0, 0.05) is 11.8 Å². The maximum absolute atomic E-state index is 4.22. The highest BCUT2D eigenvalue weighted by Gasteiger charge is 2.00. The molecular formula is C10H10N2S. The lowest BCUT2D eigenvalue weighted by molar-refractivity contribution is 1.21. The third-order valence-corrected chi connectivity index (χ3v) is 2.12. The number of aromatic amines is 1. The molecule has 0 aliphatic carbocycles. The van der Waals surface area contributed by atoms with Gasteiger partial charge in [-0.25, -0.2) is 4.98 Å². The van der Waals surface area contributed by atoms with Gasteiger partial charge in [0.2, 0.25) is 0 Å². The van der Waals surface area contributed by atoms with Gasteiger partial charge >= 0.3 is 0 Å². The van der Waals surface area contributed by atoms with Crippen LogP contribution in [0.1, 0.15) is 5.56 Å². The Hall–Kier alpha value is -1.22. The van der Waals surface area contributed by atoms with Crippen molar-refractivity contribution in [3.8, 4) is 11.4 Å². The molecule has 0 aliphatic heterocycles. The van der Waals surface area contributed by atoms with Crippen molar-refractivity contribution in [2.24, 2.45) is 0 Å². The summed E-state index contributed by atoms with van der Waals surface area (Å²) < 4.78 is 0. The van der Waals surface area contributed by atoms with Crippen LogP contribution < -0.4 is 0 Å². The second-order valence-electron chi connectivity index (χ2n) is 2.97. The van der Waals surface area contributed by atoms with Gasteiger partial charge in [0.15, 0.2) is 0 Å². The van der Waals surface area contributed by atoms with E-state index in [1.807, 2.05) is 12.1 Å². The fraction of sp³-hybridized carbons (Fsp3) is 0.100. The molecule has 0 radical (unpaired) electrons. The number of rotatable bonds is 1. The van der Waals surface area contributed by atoms with Gasteiger partial charge in [-0.05, 0) is 6.92 Å². The van der Waals surface area contributed by atoms with E-state index in [1.165, 1.54) is 5.56 Å². The molecule has 3 heteroatoms. The SMILES string of the molecule is Cc1ccc(-c2nc(S)c[nH]2)cc1. The number of hydrogen-bond donors (Lipinski definition) is 2. The van der Waals surface area contributed by atoms with Crippen molar-refractivity contribution in [3.63, 3.8) is 0 Å². The van der Waals surface area contributed by atoms with Gasteiger partial charge in [-0.2, -0.15) is 0 Å². The lowest BCUT2D eigenvalue weighted by Gasteiger charge is -1.96. The van der Waals surface area contributed by atoms with Crippen LogP contribution in [0.3, 0.4) is 0 Å². The van der Waals surface area contributed by atoms with Crippen molar-refractivity contribution in [2.75, 3.05) is 0 Å². The van der Waals surface area contributed by atoms with Gasteiger partial charge in [-0.1, -0.05) is 29.8 Å². The van der Waals surface area contributed by atoms with E-state index in [4.69, 9.17) is 0 Å². The Balaban J connectivity index is 2.41. The minimum Gasteiger partial charge on any atom is -0.343 e. The van der Waals surface area contributed by atoms with Crippen LogP contribution in [0.5, 0.6) is 0 Å². The van der Waals surface area contributed by atoms with Gasteiger partial charge in [0.1, 0.15) is 10.9 Å². The Morgan fingerprint density at radius 1 is 1.23 bits per heavy atom. The van der Waals surface area contributed by atoms with E-state index in [9.17, 15) is 0 Å². The summed E-state index contributed by atoms with van der Waals surface area (Å²) in [5, 5.41) is 0.718. The van der Waals surface area contributed by atoms with Crippen molar-refractivity contribution in [1.29, 1.82) is 0 Å². The first-order valence-electron chi connectivity index (χ1n) is 4.07. The van der Waals surface area contributed by atoms with Crippen LogP contribution in [0, 0.1) is 6.92 Å². The highest BCUT2D eigenvalue weighted by Crippen LogP contribution is 2.16. The van der Waals surface area contributed by atoms with Crippen molar-refractivity contribution in [2.45, 2.75) is 11.9 Å². The molecule has 2 aromatic rings. The van der Waals surface area contributed by atoms with Gasteiger partial charge in [0.25, 0.3) is 0 Å². The molecule has 0 saturated carbocycles. The first kappa shape index (κ1) is 8.38. The average molecular weight is 190 g/mol. The quantitative estimate of drug-likeness (QED) is 0.665. The van der Waals surface area contributed by atoms with Crippen LogP contribution in [0.2, 0.25) is 0 Å². The number of aromatic nitrogens is 2. The Morgan fingerprint density at radius 3 is 2.46 bits per heavy atom. The molecule has 2 rings (SSSR count). The van der Waals surface area contributed by atoms with Crippen LogP contribution >= 0.6 is 12.6 Å². The minimum atomic E-state index is 0.718. The van der Waals surface area contributed by atoms with Crippen LogP contribution in [0.4, 0.5) is 0 Å². The number of benzene rings is 1. The minimum absolute atomic E-state index is 0.718. The summed E-state index contributed by atoms with van der Waals surface area (Å²) in [7, 11) is 0. The first-order valence-corrected chi connectivity index (χ1v) is 4.52. The number of aryl methyl sites for hydroxylation is 1. The smallest absolute Gasteiger partial charge is 0.138 e. The predicted molar refractivity (Wildman–Crippen MR) is 56.0 cm³/mol. The van der Waals surface area contributed by atoms with Gasteiger partial charge in [0.05, 0.1) is 0 Å². The van der Waals surface area contributed by atoms with Gasteiger partial charge in [-0.15, -0.1) is 12.6 Å². The molecule has 0 saturated heterocycles. The zero-order valence-corrected chi connectivity index (χ0v) is 8.18. The molecule has 0 atom stereocenters. The summed E-state index contributed by atoms with van der Waals surface area (Å²) in [4.78, 5) is 7.27. The van der Waals surface area contributed by atoms with Crippen LogP contribution in [-0.2, 0) is 0 Å². The van der Waals surface area contributed by atoms with E-state index in [1.54, 1.807) is 6.20 Å². The largest absolute Gasteiger partial charge is 0.343 e. The van der Waals surface area contributed by atoms with Crippen LogP contribution in [-0.4, -0.2) is 9.97 Å². The lowest BCUT2D eigenvalue weighted by Crippen LogP contribution is -1.80. The summed E-state index contributed by atoms with van der Waals surface area (Å²) in [6.07, 6.45) is 1.78. The zero-order chi connectivity index (χ0) is 9.26. The summed E-state index contributed by atoms with van der Waals surface area (Å²) in [6, 6.07) is 8.22. The predicted octanol–water partition coefficient (Wildman–Crippen LogP) is 2.67. The van der Waals surface area contributed by atoms with Gasteiger partial charge < -0.3 is 4.98 Å². The Kier molecular flexibility index (Phi) is 2.10. The summed E-state index contributed by atoms with van der Waals surface area (Å²) in [5.74, 6) is 0.866. The standard InChI is InChI=1S/C10H10N2S/c1-7-2-4-8(5-3-7)10-11-6-9(13)12-10/h2-6,13H,1H3,(H,11,12). The monoisotopic (exact) mass is 190 g/mol. The second kappa shape index (κ2) is 3.26. The van der Waals surface area contributed by atoms with Crippen LogP contribution in [0.15, 0.2) is 35.5 Å². The highest BCUT2D eigenvalue weighted by atomic mass is 32.1. The topological polar surface area (TPSA) is 28.7 Å². The number of hydrogen-bond acceptors (Lipinski definition) is 2. The first-order chi connectivity index (χ1) is 6.25. The number of imidazole rings is 1. The van der Waals surface area contributed by atoms with E-state index in [0.717, 1.165) is 16.4 Å². The molecule has 0 fully saturated rings. The second-order valence-corrected chi connectivity index (χ2v) is 3.43. The van der Waals surface area contributed by atoms with Crippen molar-refractivity contribution in [3.05, 3.63) is 36.0 Å². The fourth-order valence-electron chi connectivity index (χ4n) is 1.17. The molecule has 0 aliphatic rings. The summed E-state index contributed by atoms with van der Waals surface area (Å²) in [5.41, 5.74) is 2.34. The maximum atomic E-state index is 4.22. The lowest BCUT2D eigenvalue weighted by atomic mass is 10.1. The number of thiol groups is 1. The normalized spacial score (nSPS) is 10.3. The van der Waals surface area contributed by atoms with E-state index < -0.39 is 0 Å². The number of nitrogens with one attached hydrogen (secondary N) is 1. The van der Waals surface area contributed by atoms with Crippen molar-refractivity contribution >= 4 is 12.6 Å².